The van der Waals surface area contributed by atoms with Gasteiger partial charge in [-0.15, -0.1) is 0 Å². The molecular formula is C20H17FN4O3. The third kappa shape index (κ3) is 3.02. The second kappa shape index (κ2) is 6.88. The zero-order chi connectivity index (χ0) is 19.7. The van der Waals surface area contributed by atoms with Crippen molar-refractivity contribution in [1.82, 2.24) is 20.3 Å². The Morgan fingerprint density at radius 1 is 1.32 bits per heavy atom. The van der Waals surface area contributed by atoms with E-state index in [1.807, 2.05) is 0 Å². The zero-order valence-corrected chi connectivity index (χ0v) is 15.0. The molecule has 1 amide bonds. The third-order valence-electron chi connectivity index (χ3n) is 4.80. The highest BCUT2D eigenvalue weighted by atomic mass is 19.1. The van der Waals surface area contributed by atoms with Crippen LogP contribution in [0.25, 0.3) is 0 Å². The highest BCUT2D eigenvalue weighted by Crippen LogP contribution is 2.40. The molecule has 0 aromatic carbocycles. The van der Waals surface area contributed by atoms with E-state index in [1.54, 1.807) is 25.3 Å². The molecule has 0 fully saturated rings. The van der Waals surface area contributed by atoms with E-state index in [9.17, 15) is 14.0 Å². The van der Waals surface area contributed by atoms with Crippen molar-refractivity contribution in [2.75, 3.05) is 6.61 Å². The average Bonchev–Trinajstić information content (AvgIpc) is 2.70. The molecule has 0 unspecified atom stereocenters. The van der Waals surface area contributed by atoms with Gasteiger partial charge in [-0.1, -0.05) is 0 Å². The Kier molecular flexibility index (Phi) is 4.38. The summed E-state index contributed by atoms with van der Waals surface area (Å²) >= 11 is 0. The smallest absolute Gasteiger partial charge is 0.253 e. The van der Waals surface area contributed by atoms with Crippen molar-refractivity contribution in [2.45, 2.75) is 18.9 Å². The van der Waals surface area contributed by atoms with Gasteiger partial charge in [-0.25, -0.2) is 4.39 Å². The molecule has 4 heterocycles. The first kappa shape index (κ1) is 17.8. The lowest BCUT2D eigenvalue weighted by atomic mass is 9.81. The largest absolute Gasteiger partial charge is 0.491 e. The van der Waals surface area contributed by atoms with E-state index in [0.717, 1.165) is 0 Å². The fraction of sp³-hybridized carbons (Fsp3) is 0.200. The molecule has 0 bridgehead atoms. The van der Waals surface area contributed by atoms with E-state index < -0.39 is 17.3 Å². The van der Waals surface area contributed by atoms with Gasteiger partial charge in [-0.2, -0.15) is 0 Å². The summed E-state index contributed by atoms with van der Waals surface area (Å²) in [6.45, 7) is 1.88. The van der Waals surface area contributed by atoms with Crippen LogP contribution in [0, 0.1) is 12.7 Å². The van der Waals surface area contributed by atoms with Crippen LogP contribution in [0.5, 0.6) is 5.75 Å². The molecule has 2 N–H and O–H groups in total. The molecule has 0 spiro atoms. The predicted octanol–water partition coefficient (Wildman–Crippen LogP) is 2.07. The number of pyridine rings is 3. The van der Waals surface area contributed by atoms with E-state index >= 15 is 0 Å². The lowest BCUT2D eigenvalue weighted by Crippen LogP contribution is -2.50. The molecule has 0 saturated carbocycles. The van der Waals surface area contributed by atoms with Gasteiger partial charge >= 0.3 is 0 Å². The molecule has 142 valence electrons. The van der Waals surface area contributed by atoms with Gasteiger partial charge < -0.3 is 15.0 Å². The zero-order valence-electron chi connectivity index (χ0n) is 15.0. The van der Waals surface area contributed by atoms with E-state index in [4.69, 9.17) is 4.74 Å². The molecule has 4 rings (SSSR count). The summed E-state index contributed by atoms with van der Waals surface area (Å²) in [6, 6.07) is 7.53. The normalized spacial score (nSPS) is 18.1. The van der Waals surface area contributed by atoms with Crippen LogP contribution in [0.15, 0.2) is 53.7 Å². The summed E-state index contributed by atoms with van der Waals surface area (Å²) in [6.07, 6.45) is 4.80. The first-order chi connectivity index (χ1) is 13.5. The lowest BCUT2D eigenvalue weighted by molar-refractivity contribution is 0.0883. The van der Waals surface area contributed by atoms with Crippen LogP contribution < -0.4 is 15.6 Å². The number of carbonyl (C=O) groups excluding carboxylic acids is 1. The molecule has 7 nitrogen and oxygen atoms in total. The highest BCUT2D eigenvalue weighted by Gasteiger charge is 2.43. The Labute approximate surface area is 159 Å². The van der Waals surface area contributed by atoms with E-state index in [1.165, 1.54) is 30.6 Å². The number of aromatic amines is 1. The molecule has 0 saturated heterocycles. The van der Waals surface area contributed by atoms with Crippen LogP contribution in [0.3, 0.4) is 0 Å². The number of aryl methyl sites for hydroxylation is 1. The number of H-pyrrole nitrogens is 1. The Hall–Kier alpha value is -3.55. The van der Waals surface area contributed by atoms with Crippen LogP contribution >= 0.6 is 0 Å². The minimum absolute atomic E-state index is 0.263. The summed E-state index contributed by atoms with van der Waals surface area (Å²) in [4.78, 5) is 35.2. The third-order valence-corrected chi connectivity index (χ3v) is 4.80. The van der Waals surface area contributed by atoms with Gasteiger partial charge in [0, 0.05) is 36.6 Å². The first-order valence-electron chi connectivity index (χ1n) is 8.72. The standard InChI is InChI=1S/C20H17FN4O3/c1-12-15(21)9-14(11-23-12)20(6-8-28-16-3-2-7-22-18(16)20)25-19(27)13-4-5-17(26)24-10-13/h2-5,7,9-11H,6,8H2,1H3,(H,24,26)(H,25,27)/t20-/m0/s1. The van der Waals surface area contributed by atoms with E-state index in [-0.39, 0.29) is 16.8 Å². The molecule has 28 heavy (non-hydrogen) atoms. The van der Waals surface area contributed by atoms with Gasteiger partial charge in [0.2, 0.25) is 5.56 Å². The van der Waals surface area contributed by atoms with Crippen LogP contribution in [0.2, 0.25) is 0 Å². The average molecular weight is 380 g/mol. The number of amides is 1. The van der Waals surface area contributed by atoms with Crippen molar-refractivity contribution in [1.29, 1.82) is 0 Å². The monoisotopic (exact) mass is 380 g/mol. The number of hydrogen-bond donors (Lipinski definition) is 2. The minimum atomic E-state index is -1.12. The molecule has 3 aromatic rings. The van der Waals surface area contributed by atoms with Crippen molar-refractivity contribution >= 4 is 5.91 Å². The summed E-state index contributed by atoms with van der Waals surface area (Å²) in [7, 11) is 0. The minimum Gasteiger partial charge on any atom is -0.491 e. The SMILES string of the molecule is Cc1ncc([C@@]2(NC(=O)c3ccc(=O)[nH]c3)CCOc3cccnc32)cc1F. The molecular weight excluding hydrogens is 363 g/mol. The van der Waals surface area contributed by atoms with Gasteiger partial charge in [0.05, 0.1) is 17.9 Å². The fourth-order valence-electron chi connectivity index (χ4n) is 3.29. The number of rotatable bonds is 3. The fourth-order valence-corrected chi connectivity index (χ4v) is 3.29. The number of carbonyl (C=O) groups is 1. The van der Waals surface area contributed by atoms with Crippen LogP contribution in [-0.4, -0.2) is 27.5 Å². The number of hydrogen-bond acceptors (Lipinski definition) is 5. The Bertz CT molecular complexity index is 1090. The van der Waals surface area contributed by atoms with Gasteiger partial charge in [0.25, 0.3) is 5.91 Å². The van der Waals surface area contributed by atoms with E-state index in [0.29, 0.717) is 30.0 Å². The van der Waals surface area contributed by atoms with Crippen molar-refractivity contribution in [2.24, 2.45) is 0 Å². The van der Waals surface area contributed by atoms with Gasteiger partial charge in [-0.05, 0) is 31.2 Å². The summed E-state index contributed by atoms with van der Waals surface area (Å²) in [5.74, 6) is -0.397. The molecule has 1 aliphatic heterocycles. The van der Waals surface area contributed by atoms with Crippen molar-refractivity contribution in [3.8, 4) is 5.75 Å². The van der Waals surface area contributed by atoms with Gasteiger partial charge in [-0.3, -0.25) is 19.6 Å². The number of nitrogens with zero attached hydrogens (tertiary/aromatic N) is 2. The molecule has 0 radical (unpaired) electrons. The number of halogens is 1. The van der Waals surface area contributed by atoms with E-state index in [2.05, 4.69) is 20.3 Å². The number of fused-ring (bicyclic) bond motifs is 1. The van der Waals surface area contributed by atoms with Crippen molar-refractivity contribution in [3.05, 3.63) is 87.6 Å². The second-order valence-electron chi connectivity index (χ2n) is 6.54. The number of nitrogens with one attached hydrogen (secondary N) is 2. The maximum absolute atomic E-state index is 14.3. The summed E-state index contributed by atoms with van der Waals surface area (Å²) in [5.41, 5.74) is 0.0429. The van der Waals surface area contributed by atoms with Crippen LogP contribution in [0.4, 0.5) is 4.39 Å². The summed E-state index contributed by atoms with van der Waals surface area (Å²) in [5, 5.41) is 2.98. The van der Waals surface area contributed by atoms with Crippen molar-refractivity contribution < 1.29 is 13.9 Å². The quantitative estimate of drug-likeness (QED) is 0.725. The van der Waals surface area contributed by atoms with Crippen LogP contribution in [0.1, 0.15) is 33.7 Å². The van der Waals surface area contributed by atoms with Crippen molar-refractivity contribution in [3.63, 3.8) is 0 Å². The maximum atomic E-state index is 14.3. The number of ether oxygens (including phenoxy) is 1. The number of aromatic nitrogens is 3. The molecule has 1 aliphatic rings. The Balaban J connectivity index is 1.85. The molecule has 8 heteroatoms. The van der Waals surface area contributed by atoms with Gasteiger partial charge in [0.1, 0.15) is 22.8 Å². The van der Waals surface area contributed by atoms with Crippen LogP contribution in [-0.2, 0) is 5.54 Å². The maximum Gasteiger partial charge on any atom is 0.253 e. The second-order valence-corrected chi connectivity index (χ2v) is 6.54. The van der Waals surface area contributed by atoms with Gasteiger partial charge in [0.15, 0.2) is 0 Å². The lowest BCUT2D eigenvalue weighted by Gasteiger charge is -2.38. The Morgan fingerprint density at radius 3 is 2.93 bits per heavy atom. The highest BCUT2D eigenvalue weighted by molar-refractivity contribution is 5.94. The Morgan fingerprint density at radius 2 is 2.18 bits per heavy atom. The summed E-state index contributed by atoms with van der Waals surface area (Å²) < 4.78 is 20.0. The topological polar surface area (TPSA) is 97.0 Å². The predicted molar refractivity (Wildman–Crippen MR) is 98.6 cm³/mol. The molecule has 3 aromatic heterocycles. The molecule has 1 atom stereocenters. The molecule has 0 aliphatic carbocycles. The first-order valence-corrected chi connectivity index (χ1v) is 8.72.